The van der Waals surface area contributed by atoms with Crippen molar-refractivity contribution in [2.24, 2.45) is 0 Å². The summed E-state index contributed by atoms with van der Waals surface area (Å²) in [6.07, 6.45) is 0. The van der Waals surface area contributed by atoms with E-state index in [4.69, 9.17) is 16.3 Å². The second-order valence-corrected chi connectivity index (χ2v) is 9.10. The van der Waals surface area contributed by atoms with E-state index in [2.05, 4.69) is 13.8 Å². The predicted octanol–water partition coefficient (Wildman–Crippen LogP) is 4.85. The Morgan fingerprint density at radius 1 is 1.15 bits per heavy atom. The van der Waals surface area contributed by atoms with Crippen molar-refractivity contribution in [3.63, 3.8) is 0 Å². The smallest absolute Gasteiger partial charge is 0.295 e. The number of ether oxygens (including phenoxy) is 1. The molecule has 0 spiro atoms. The maximum absolute atomic E-state index is 13.1. The Balaban J connectivity index is 2.12. The van der Waals surface area contributed by atoms with Crippen LogP contribution < -0.4 is 4.74 Å². The summed E-state index contributed by atoms with van der Waals surface area (Å²) in [6.45, 7) is 7.46. The van der Waals surface area contributed by atoms with Gasteiger partial charge in [0.2, 0.25) is 0 Å². The summed E-state index contributed by atoms with van der Waals surface area (Å²) in [5.41, 5.74) is 2.35. The van der Waals surface area contributed by atoms with Gasteiger partial charge in [-0.1, -0.05) is 49.7 Å². The highest BCUT2D eigenvalue weighted by Crippen LogP contribution is 2.40. The molecule has 0 bridgehead atoms. The number of hydrogen-bond acceptors (Lipinski definition) is 5. The van der Waals surface area contributed by atoms with Gasteiger partial charge < -0.3 is 19.6 Å². The van der Waals surface area contributed by atoms with Crippen molar-refractivity contribution in [2.75, 3.05) is 33.8 Å². The molecule has 1 amide bonds. The van der Waals surface area contributed by atoms with Crippen LogP contribution in [0, 0.1) is 0 Å². The average Bonchev–Trinajstić information content (AvgIpc) is 3.03. The average molecular weight is 471 g/mol. The minimum atomic E-state index is -0.700. The summed E-state index contributed by atoms with van der Waals surface area (Å²) in [5, 5.41) is 11.5. The first kappa shape index (κ1) is 24.8. The van der Waals surface area contributed by atoms with Crippen LogP contribution in [0.15, 0.2) is 48.0 Å². The van der Waals surface area contributed by atoms with E-state index < -0.39 is 17.7 Å². The zero-order valence-corrected chi connectivity index (χ0v) is 20.5. The lowest BCUT2D eigenvalue weighted by atomic mass is 9.93. The van der Waals surface area contributed by atoms with Crippen LogP contribution in [0.3, 0.4) is 0 Å². The number of hydrogen-bond donors (Lipinski definition) is 1. The largest absolute Gasteiger partial charge is 0.507 e. The molecule has 1 saturated heterocycles. The van der Waals surface area contributed by atoms with Crippen LogP contribution in [0.2, 0.25) is 5.02 Å². The molecule has 1 atom stereocenters. The molecule has 0 aliphatic carbocycles. The normalized spacial score (nSPS) is 17.9. The zero-order chi connectivity index (χ0) is 24.3. The van der Waals surface area contributed by atoms with Crippen molar-refractivity contribution in [2.45, 2.75) is 32.7 Å². The molecule has 1 aliphatic heterocycles. The topological polar surface area (TPSA) is 70.1 Å². The van der Waals surface area contributed by atoms with Crippen molar-refractivity contribution in [3.8, 4) is 5.75 Å². The molecule has 2 aromatic carbocycles. The minimum absolute atomic E-state index is 0.0660. The van der Waals surface area contributed by atoms with Crippen LogP contribution >= 0.6 is 11.6 Å². The molecule has 0 unspecified atom stereocenters. The third-order valence-electron chi connectivity index (χ3n) is 5.75. The van der Waals surface area contributed by atoms with E-state index >= 15 is 0 Å². The van der Waals surface area contributed by atoms with Crippen LogP contribution in [-0.2, 0) is 9.59 Å². The molecule has 176 valence electrons. The Labute approximate surface area is 200 Å². The summed E-state index contributed by atoms with van der Waals surface area (Å²) >= 11 is 6.31. The number of aliphatic hydroxyl groups is 1. The van der Waals surface area contributed by atoms with Gasteiger partial charge in [-0.15, -0.1) is 0 Å². The fourth-order valence-corrected chi connectivity index (χ4v) is 4.14. The van der Waals surface area contributed by atoms with Gasteiger partial charge in [0.15, 0.2) is 0 Å². The highest BCUT2D eigenvalue weighted by atomic mass is 35.5. The number of ketones is 1. The van der Waals surface area contributed by atoms with Crippen LogP contribution in [0.1, 0.15) is 49.4 Å². The van der Waals surface area contributed by atoms with Crippen molar-refractivity contribution < 1.29 is 19.4 Å². The van der Waals surface area contributed by atoms with Crippen molar-refractivity contribution in [1.29, 1.82) is 0 Å². The van der Waals surface area contributed by atoms with E-state index in [0.29, 0.717) is 41.9 Å². The summed E-state index contributed by atoms with van der Waals surface area (Å²) in [6, 6.07) is 12.0. The molecule has 0 radical (unpaired) electrons. The van der Waals surface area contributed by atoms with Crippen molar-refractivity contribution in [3.05, 3.63) is 69.8 Å². The van der Waals surface area contributed by atoms with Gasteiger partial charge in [-0.2, -0.15) is 0 Å². The number of nitrogens with zero attached hydrogens (tertiary/aromatic N) is 2. The lowest BCUT2D eigenvalue weighted by Gasteiger charge is -2.27. The maximum Gasteiger partial charge on any atom is 0.295 e. The van der Waals surface area contributed by atoms with Gasteiger partial charge in [-0.25, -0.2) is 0 Å². The Morgan fingerprint density at radius 2 is 1.82 bits per heavy atom. The first-order valence-corrected chi connectivity index (χ1v) is 11.5. The molecule has 0 saturated carbocycles. The van der Waals surface area contributed by atoms with E-state index in [-0.39, 0.29) is 11.3 Å². The first-order valence-electron chi connectivity index (χ1n) is 11.1. The SMILES string of the molecule is CCOc1ccc(/C(O)=C2\C(=O)C(=O)N(CCN(C)C)[C@H]2c2ccc(C(C)C)cc2)cc1Cl. The highest BCUT2D eigenvalue weighted by molar-refractivity contribution is 6.46. The van der Waals surface area contributed by atoms with Gasteiger partial charge in [0.05, 0.1) is 23.2 Å². The first-order chi connectivity index (χ1) is 15.6. The molecule has 7 heteroatoms. The number of likely N-dealkylation sites (tertiary alicyclic amines) is 1. The lowest BCUT2D eigenvalue weighted by Crippen LogP contribution is -2.35. The summed E-state index contributed by atoms with van der Waals surface area (Å²) in [5.74, 6) is -0.723. The van der Waals surface area contributed by atoms with E-state index in [9.17, 15) is 14.7 Å². The highest BCUT2D eigenvalue weighted by Gasteiger charge is 2.45. The fraction of sp³-hybridized carbons (Fsp3) is 0.385. The number of rotatable bonds is 8. The summed E-state index contributed by atoms with van der Waals surface area (Å²) < 4.78 is 5.46. The minimum Gasteiger partial charge on any atom is -0.507 e. The number of carbonyl (C=O) groups is 2. The predicted molar refractivity (Wildman–Crippen MR) is 131 cm³/mol. The number of benzene rings is 2. The van der Waals surface area contributed by atoms with Gasteiger partial charge in [0.1, 0.15) is 11.5 Å². The quantitative estimate of drug-likeness (QED) is 0.339. The molecule has 6 nitrogen and oxygen atoms in total. The second-order valence-electron chi connectivity index (χ2n) is 8.70. The zero-order valence-electron chi connectivity index (χ0n) is 19.8. The number of likely N-dealkylation sites (N-methyl/N-ethyl adjacent to an activating group) is 1. The van der Waals surface area contributed by atoms with Gasteiger partial charge in [0.25, 0.3) is 11.7 Å². The number of carbonyl (C=O) groups excluding carboxylic acids is 2. The van der Waals surface area contributed by atoms with Crippen LogP contribution in [0.25, 0.3) is 5.76 Å². The number of amides is 1. The Hall–Kier alpha value is -2.83. The molecule has 1 fully saturated rings. The van der Waals surface area contributed by atoms with Gasteiger partial charge >= 0.3 is 0 Å². The molecule has 2 aromatic rings. The second kappa shape index (κ2) is 10.4. The van der Waals surface area contributed by atoms with Crippen LogP contribution in [0.4, 0.5) is 0 Å². The molecular formula is C26H31ClN2O4. The summed E-state index contributed by atoms with van der Waals surface area (Å²) in [4.78, 5) is 29.6. The van der Waals surface area contributed by atoms with E-state index in [1.807, 2.05) is 50.2 Å². The van der Waals surface area contributed by atoms with Gasteiger partial charge in [0, 0.05) is 18.7 Å². The Kier molecular flexibility index (Phi) is 7.82. The third-order valence-corrected chi connectivity index (χ3v) is 6.05. The van der Waals surface area contributed by atoms with Crippen molar-refractivity contribution >= 4 is 29.1 Å². The van der Waals surface area contributed by atoms with Crippen molar-refractivity contribution in [1.82, 2.24) is 9.80 Å². The van der Waals surface area contributed by atoms with Crippen LogP contribution in [0.5, 0.6) is 5.75 Å². The Bertz CT molecular complexity index is 1060. The molecule has 1 heterocycles. The van der Waals surface area contributed by atoms with E-state index in [0.717, 1.165) is 11.1 Å². The van der Waals surface area contributed by atoms with E-state index in [1.165, 1.54) is 4.90 Å². The Morgan fingerprint density at radius 3 is 2.36 bits per heavy atom. The van der Waals surface area contributed by atoms with E-state index in [1.54, 1.807) is 18.2 Å². The van der Waals surface area contributed by atoms with Gasteiger partial charge in [-0.05, 0) is 56.3 Å². The van der Waals surface area contributed by atoms with Crippen LogP contribution in [-0.4, -0.2) is 60.4 Å². The number of halogens is 1. The molecule has 3 rings (SSSR count). The molecule has 1 N–H and O–H groups in total. The monoisotopic (exact) mass is 470 g/mol. The number of aliphatic hydroxyl groups excluding tert-OH is 1. The standard InChI is InChI=1S/C26H31ClN2O4/c1-6-33-21-12-11-19(15-20(21)27)24(30)22-23(18-9-7-17(8-10-18)16(2)3)29(14-13-28(4)5)26(32)25(22)31/h7-12,15-16,23,30H,6,13-14H2,1-5H3/b24-22+/t23-/m0/s1. The molecule has 33 heavy (non-hydrogen) atoms. The van der Waals surface area contributed by atoms with Gasteiger partial charge in [-0.3, -0.25) is 9.59 Å². The molecule has 0 aromatic heterocycles. The lowest BCUT2D eigenvalue weighted by molar-refractivity contribution is -0.140. The molecular weight excluding hydrogens is 440 g/mol. The molecule has 1 aliphatic rings. The number of Topliss-reactive ketones (excluding diaryl/α,β-unsaturated/α-hetero) is 1. The summed E-state index contributed by atoms with van der Waals surface area (Å²) in [7, 11) is 3.82. The maximum atomic E-state index is 13.1. The third kappa shape index (κ3) is 5.23. The fourth-order valence-electron chi connectivity index (χ4n) is 3.90.